The SMILES string of the molecule is COc1cccc(COC(C)C(=O)Nc2cc(C(=O)O)c(C)cc2C)c1. The smallest absolute Gasteiger partial charge is 0.336 e. The van der Waals surface area contributed by atoms with Gasteiger partial charge in [-0.25, -0.2) is 4.79 Å². The second-order valence-corrected chi connectivity index (χ2v) is 6.08. The number of anilines is 1. The standard InChI is InChI=1S/C20H23NO5/c1-12-8-13(2)18(10-17(12)20(23)24)21-19(22)14(3)26-11-15-6-5-7-16(9-15)25-4/h5-10,14H,11H2,1-4H3,(H,21,22)(H,23,24). The highest BCUT2D eigenvalue weighted by molar-refractivity contribution is 5.97. The molecule has 138 valence electrons. The Morgan fingerprint density at radius 3 is 2.54 bits per heavy atom. The molecule has 0 aliphatic carbocycles. The quantitative estimate of drug-likeness (QED) is 0.791. The first-order chi connectivity index (χ1) is 12.3. The molecule has 0 aromatic heterocycles. The first-order valence-electron chi connectivity index (χ1n) is 8.21. The number of aromatic carboxylic acids is 1. The highest BCUT2D eigenvalue weighted by Gasteiger charge is 2.17. The molecule has 2 N–H and O–H groups in total. The van der Waals surface area contributed by atoms with Crippen LogP contribution in [0.25, 0.3) is 0 Å². The van der Waals surface area contributed by atoms with E-state index in [1.165, 1.54) is 6.07 Å². The van der Waals surface area contributed by atoms with Crippen LogP contribution in [0.1, 0.15) is 34.0 Å². The van der Waals surface area contributed by atoms with Gasteiger partial charge >= 0.3 is 5.97 Å². The lowest BCUT2D eigenvalue weighted by molar-refractivity contribution is -0.127. The first kappa shape index (κ1) is 19.5. The minimum atomic E-state index is -1.03. The van der Waals surface area contributed by atoms with Crippen LogP contribution in [-0.4, -0.2) is 30.2 Å². The Labute approximate surface area is 152 Å². The van der Waals surface area contributed by atoms with Crippen molar-refractivity contribution in [2.45, 2.75) is 33.5 Å². The molecule has 0 saturated heterocycles. The number of hydrogen-bond acceptors (Lipinski definition) is 4. The van der Waals surface area contributed by atoms with E-state index in [4.69, 9.17) is 9.47 Å². The zero-order valence-electron chi connectivity index (χ0n) is 15.3. The topological polar surface area (TPSA) is 84.9 Å². The summed E-state index contributed by atoms with van der Waals surface area (Å²) in [6.07, 6.45) is -0.699. The number of methoxy groups -OCH3 is 1. The fraction of sp³-hybridized carbons (Fsp3) is 0.300. The Bertz CT molecular complexity index is 816. The fourth-order valence-electron chi connectivity index (χ4n) is 2.51. The average molecular weight is 357 g/mol. The summed E-state index contributed by atoms with van der Waals surface area (Å²) in [4.78, 5) is 23.6. The molecule has 0 radical (unpaired) electrons. The number of hydrogen-bond donors (Lipinski definition) is 2. The largest absolute Gasteiger partial charge is 0.497 e. The van der Waals surface area contributed by atoms with Gasteiger partial charge in [-0.3, -0.25) is 4.79 Å². The van der Waals surface area contributed by atoms with E-state index in [-0.39, 0.29) is 18.1 Å². The van der Waals surface area contributed by atoms with Crippen LogP contribution in [0, 0.1) is 13.8 Å². The summed E-state index contributed by atoms with van der Waals surface area (Å²) in [6, 6.07) is 10.6. The van der Waals surface area contributed by atoms with Crippen molar-refractivity contribution in [2.24, 2.45) is 0 Å². The third kappa shape index (κ3) is 4.83. The van der Waals surface area contributed by atoms with Gasteiger partial charge in [0.2, 0.25) is 0 Å². The molecule has 1 unspecified atom stereocenters. The molecule has 1 atom stereocenters. The summed E-state index contributed by atoms with van der Waals surface area (Å²) < 4.78 is 10.8. The number of aryl methyl sites for hydroxylation is 2. The molecule has 2 aromatic carbocycles. The van der Waals surface area contributed by atoms with E-state index in [0.29, 0.717) is 11.3 Å². The van der Waals surface area contributed by atoms with E-state index >= 15 is 0 Å². The highest BCUT2D eigenvalue weighted by Crippen LogP contribution is 2.21. The van der Waals surface area contributed by atoms with Gasteiger partial charge in [0.15, 0.2) is 0 Å². The molecule has 0 aliphatic heterocycles. The lowest BCUT2D eigenvalue weighted by atomic mass is 10.0. The summed E-state index contributed by atoms with van der Waals surface area (Å²) in [5.41, 5.74) is 2.96. The summed E-state index contributed by atoms with van der Waals surface area (Å²) in [7, 11) is 1.59. The van der Waals surface area contributed by atoms with Crippen molar-refractivity contribution < 1.29 is 24.2 Å². The van der Waals surface area contributed by atoms with E-state index in [1.54, 1.807) is 27.0 Å². The predicted octanol–water partition coefficient (Wildman–Crippen LogP) is 3.55. The maximum absolute atomic E-state index is 12.4. The van der Waals surface area contributed by atoms with Crippen LogP contribution in [0.3, 0.4) is 0 Å². The molecule has 0 spiro atoms. The van der Waals surface area contributed by atoms with Crippen LogP contribution < -0.4 is 10.1 Å². The number of carboxylic acids is 1. The van der Waals surface area contributed by atoms with Gasteiger partial charge in [0.25, 0.3) is 5.91 Å². The molecule has 2 aromatic rings. The van der Waals surface area contributed by atoms with Crippen molar-refractivity contribution >= 4 is 17.6 Å². The van der Waals surface area contributed by atoms with E-state index in [2.05, 4.69) is 5.32 Å². The second-order valence-electron chi connectivity index (χ2n) is 6.08. The minimum absolute atomic E-state index is 0.163. The first-order valence-corrected chi connectivity index (χ1v) is 8.21. The van der Waals surface area contributed by atoms with Gasteiger partial charge in [-0.05, 0) is 55.7 Å². The number of rotatable bonds is 7. The van der Waals surface area contributed by atoms with Gasteiger partial charge in [-0.2, -0.15) is 0 Å². The number of amides is 1. The molecule has 0 fully saturated rings. The normalized spacial score (nSPS) is 11.7. The molecule has 6 heteroatoms. The zero-order valence-corrected chi connectivity index (χ0v) is 15.3. The number of carboxylic acid groups (broad SMARTS) is 1. The molecule has 2 rings (SSSR count). The maximum atomic E-state index is 12.4. The number of ether oxygens (including phenoxy) is 2. The second kappa shape index (κ2) is 8.49. The van der Waals surface area contributed by atoms with Gasteiger partial charge < -0.3 is 19.9 Å². The van der Waals surface area contributed by atoms with Gasteiger partial charge in [0.05, 0.1) is 19.3 Å². The molecular formula is C20H23NO5. The number of carbonyl (C=O) groups excluding carboxylic acids is 1. The zero-order chi connectivity index (χ0) is 19.3. The molecule has 6 nitrogen and oxygen atoms in total. The lowest BCUT2D eigenvalue weighted by Crippen LogP contribution is -2.28. The number of benzene rings is 2. The van der Waals surface area contributed by atoms with E-state index in [1.807, 2.05) is 31.2 Å². The van der Waals surface area contributed by atoms with Crippen molar-refractivity contribution in [3.05, 3.63) is 58.7 Å². The van der Waals surface area contributed by atoms with E-state index < -0.39 is 12.1 Å². The van der Waals surface area contributed by atoms with Crippen molar-refractivity contribution in [3.8, 4) is 5.75 Å². The van der Waals surface area contributed by atoms with Crippen LogP contribution in [0.15, 0.2) is 36.4 Å². The molecule has 0 saturated carbocycles. The summed E-state index contributed by atoms with van der Waals surface area (Å²) >= 11 is 0. The molecule has 0 aliphatic rings. The Morgan fingerprint density at radius 2 is 1.88 bits per heavy atom. The number of nitrogens with one attached hydrogen (secondary N) is 1. The minimum Gasteiger partial charge on any atom is -0.497 e. The average Bonchev–Trinajstić information content (AvgIpc) is 2.61. The molecular weight excluding hydrogens is 334 g/mol. The van der Waals surface area contributed by atoms with Crippen molar-refractivity contribution in [1.29, 1.82) is 0 Å². The Balaban J connectivity index is 2.02. The maximum Gasteiger partial charge on any atom is 0.336 e. The van der Waals surface area contributed by atoms with Gasteiger partial charge in [-0.1, -0.05) is 18.2 Å². The predicted molar refractivity (Wildman–Crippen MR) is 98.8 cm³/mol. The molecule has 0 bridgehead atoms. The molecule has 0 heterocycles. The van der Waals surface area contributed by atoms with E-state index in [0.717, 1.165) is 16.9 Å². The summed E-state index contributed by atoms with van der Waals surface area (Å²) in [5.74, 6) is -0.642. The van der Waals surface area contributed by atoms with Crippen LogP contribution in [0.2, 0.25) is 0 Å². The fourth-order valence-corrected chi connectivity index (χ4v) is 2.51. The monoisotopic (exact) mass is 357 g/mol. The Hall–Kier alpha value is -2.86. The molecule has 1 amide bonds. The van der Waals surface area contributed by atoms with Crippen molar-refractivity contribution in [1.82, 2.24) is 0 Å². The third-order valence-electron chi connectivity index (χ3n) is 4.06. The van der Waals surface area contributed by atoms with Crippen LogP contribution >= 0.6 is 0 Å². The third-order valence-corrected chi connectivity index (χ3v) is 4.06. The lowest BCUT2D eigenvalue weighted by Gasteiger charge is -2.16. The van der Waals surface area contributed by atoms with E-state index in [9.17, 15) is 14.7 Å². The van der Waals surface area contributed by atoms with Gasteiger partial charge in [-0.15, -0.1) is 0 Å². The van der Waals surface area contributed by atoms with Crippen molar-refractivity contribution in [2.75, 3.05) is 12.4 Å². The van der Waals surface area contributed by atoms with Crippen LogP contribution in [0.5, 0.6) is 5.75 Å². The Morgan fingerprint density at radius 1 is 1.15 bits per heavy atom. The van der Waals surface area contributed by atoms with Gasteiger partial charge in [0, 0.05) is 5.69 Å². The highest BCUT2D eigenvalue weighted by atomic mass is 16.5. The molecule has 26 heavy (non-hydrogen) atoms. The Kier molecular flexibility index (Phi) is 6.36. The number of carbonyl (C=O) groups is 2. The summed E-state index contributed by atoms with van der Waals surface area (Å²) in [6.45, 7) is 5.45. The van der Waals surface area contributed by atoms with Crippen molar-refractivity contribution in [3.63, 3.8) is 0 Å². The van der Waals surface area contributed by atoms with Crippen LogP contribution in [-0.2, 0) is 16.1 Å². The van der Waals surface area contributed by atoms with Crippen LogP contribution in [0.4, 0.5) is 5.69 Å². The summed E-state index contributed by atoms with van der Waals surface area (Å²) in [5, 5.41) is 12.0. The van der Waals surface area contributed by atoms with Gasteiger partial charge in [0.1, 0.15) is 11.9 Å².